The minimum absolute atomic E-state index is 0.0950. The fraction of sp³-hybridized carbons (Fsp3) is 0.136. The van der Waals surface area contributed by atoms with E-state index in [1.54, 1.807) is 6.07 Å². The zero-order valence-electron chi connectivity index (χ0n) is 15.4. The van der Waals surface area contributed by atoms with Gasteiger partial charge in [-0.15, -0.1) is 0 Å². The van der Waals surface area contributed by atoms with Crippen LogP contribution in [0, 0.1) is 0 Å². The van der Waals surface area contributed by atoms with Crippen LogP contribution in [0.4, 0.5) is 5.69 Å². The van der Waals surface area contributed by atoms with Gasteiger partial charge in [-0.25, -0.2) is 9.59 Å². The summed E-state index contributed by atoms with van der Waals surface area (Å²) < 4.78 is 0. The van der Waals surface area contributed by atoms with Crippen molar-refractivity contribution in [1.29, 1.82) is 0 Å². The molecule has 148 valence electrons. The van der Waals surface area contributed by atoms with Gasteiger partial charge < -0.3 is 20.2 Å². The molecule has 7 nitrogen and oxygen atoms in total. The predicted molar refractivity (Wildman–Crippen MR) is 108 cm³/mol. The largest absolute Gasteiger partial charge is 0.481 e. The van der Waals surface area contributed by atoms with Crippen molar-refractivity contribution in [3.05, 3.63) is 77.4 Å². The summed E-state index contributed by atoms with van der Waals surface area (Å²) in [5.41, 5.74) is 0.809. The molecule has 7 heteroatoms. The molecular weight excluding hydrogens is 374 g/mol. The van der Waals surface area contributed by atoms with Gasteiger partial charge in [0, 0.05) is 24.2 Å². The van der Waals surface area contributed by atoms with Gasteiger partial charge in [-0.05, 0) is 29.1 Å². The molecule has 0 unspecified atom stereocenters. The Labute approximate surface area is 166 Å². The van der Waals surface area contributed by atoms with E-state index in [9.17, 15) is 24.6 Å². The highest BCUT2D eigenvalue weighted by atomic mass is 16.4. The van der Waals surface area contributed by atoms with Crippen LogP contribution in [0.15, 0.2) is 60.7 Å². The Hall–Kier alpha value is -3.87. The van der Waals surface area contributed by atoms with E-state index in [2.05, 4.69) is 0 Å². The number of anilines is 1. The summed E-state index contributed by atoms with van der Waals surface area (Å²) >= 11 is 0. The lowest BCUT2D eigenvalue weighted by atomic mass is 10.0. The van der Waals surface area contributed by atoms with Crippen LogP contribution in [0.25, 0.3) is 10.8 Å². The number of hydrogen-bond donors (Lipinski definition) is 3. The average Bonchev–Trinajstić information content (AvgIpc) is 2.70. The molecule has 0 spiro atoms. The van der Waals surface area contributed by atoms with Crippen LogP contribution in [0.1, 0.15) is 32.7 Å². The minimum Gasteiger partial charge on any atom is -0.481 e. The van der Waals surface area contributed by atoms with Gasteiger partial charge in [0.15, 0.2) is 0 Å². The lowest BCUT2D eigenvalue weighted by Crippen LogP contribution is -2.26. The fourth-order valence-corrected chi connectivity index (χ4v) is 3.27. The maximum absolute atomic E-state index is 11.5. The summed E-state index contributed by atoms with van der Waals surface area (Å²) in [6.07, 6.45) is -0.0950. The molecule has 0 atom stereocenters. The Kier molecular flexibility index (Phi) is 5.78. The van der Waals surface area contributed by atoms with E-state index in [-0.39, 0.29) is 30.6 Å². The zero-order chi connectivity index (χ0) is 21.0. The number of hydrogen-bond acceptors (Lipinski definition) is 4. The number of carboxylic acid groups (broad SMARTS) is 3. The third-order valence-electron chi connectivity index (χ3n) is 4.62. The number of aliphatic carboxylic acids is 1. The Bertz CT molecular complexity index is 1090. The second kappa shape index (κ2) is 8.43. The smallest absolute Gasteiger partial charge is 0.336 e. The van der Waals surface area contributed by atoms with Crippen molar-refractivity contribution in [2.45, 2.75) is 13.0 Å². The molecule has 3 rings (SSSR count). The van der Waals surface area contributed by atoms with Crippen molar-refractivity contribution in [3.63, 3.8) is 0 Å². The van der Waals surface area contributed by atoms with Crippen LogP contribution in [-0.2, 0) is 11.3 Å². The van der Waals surface area contributed by atoms with E-state index in [1.807, 2.05) is 47.4 Å². The van der Waals surface area contributed by atoms with Gasteiger partial charge in [-0.1, -0.05) is 42.5 Å². The minimum atomic E-state index is -1.33. The van der Waals surface area contributed by atoms with E-state index in [1.165, 1.54) is 12.1 Å². The maximum atomic E-state index is 11.5. The van der Waals surface area contributed by atoms with Gasteiger partial charge in [0.2, 0.25) is 0 Å². The van der Waals surface area contributed by atoms with Crippen LogP contribution >= 0.6 is 0 Å². The first-order valence-electron chi connectivity index (χ1n) is 8.91. The van der Waals surface area contributed by atoms with Gasteiger partial charge >= 0.3 is 17.9 Å². The molecule has 0 aliphatic carbocycles. The van der Waals surface area contributed by atoms with Gasteiger partial charge in [0.05, 0.1) is 17.5 Å². The monoisotopic (exact) mass is 393 g/mol. The number of rotatable bonds is 8. The van der Waals surface area contributed by atoms with Crippen LogP contribution in [0.5, 0.6) is 0 Å². The molecule has 3 aromatic carbocycles. The van der Waals surface area contributed by atoms with Gasteiger partial charge in [-0.3, -0.25) is 4.79 Å². The topological polar surface area (TPSA) is 115 Å². The Morgan fingerprint density at radius 1 is 0.793 bits per heavy atom. The number of carbonyl (C=O) groups is 3. The molecular formula is C22H19NO6. The quantitative estimate of drug-likeness (QED) is 0.534. The third-order valence-corrected chi connectivity index (χ3v) is 4.62. The molecule has 0 aliphatic rings. The zero-order valence-corrected chi connectivity index (χ0v) is 15.4. The van der Waals surface area contributed by atoms with E-state index in [4.69, 9.17) is 5.11 Å². The SMILES string of the molecule is O=C(O)CCN(Cc1ccc(C(=O)O)c(C(=O)O)c1)c1cccc2ccccc12. The summed E-state index contributed by atoms with van der Waals surface area (Å²) in [5, 5.41) is 29.6. The molecule has 3 aromatic rings. The number of aromatic carboxylic acids is 2. The molecule has 0 fully saturated rings. The van der Waals surface area contributed by atoms with E-state index < -0.39 is 17.9 Å². The first-order valence-corrected chi connectivity index (χ1v) is 8.91. The van der Waals surface area contributed by atoms with Gasteiger partial charge in [-0.2, -0.15) is 0 Å². The summed E-state index contributed by atoms with van der Waals surface area (Å²) in [6, 6.07) is 17.6. The van der Waals surface area contributed by atoms with Gasteiger partial charge in [0.25, 0.3) is 0 Å². The first kappa shape index (κ1) is 19.9. The summed E-state index contributed by atoms with van der Waals surface area (Å²) in [4.78, 5) is 35.7. The Morgan fingerprint density at radius 2 is 1.48 bits per heavy atom. The molecule has 0 saturated heterocycles. The van der Waals surface area contributed by atoms with Crippen LogP contribution < -0.4 is 4.90 Å². The summed E-state index contributed by atoms with van der Waals surface area (Å²) in [7, 11) is 0. The molecule has 0 aliphatic heterocycles. The standard InChI is InChI=1S/C22H19NO6/c24-20(25)10-11-23(19-7-3-5-15-4-1-2-6-16(15)19)13-14-8-9-17(21(26)27)18(12-14)22(28)29/h1-9,12H,10-11,13H2,(H,24,25)(H,26,27)(H,28,29). The maximum Gasteiger partial charge on any atom is 0.336 e. The number of benzene rings is 3. The Morgan fingerprint density at radius 3 is 2.17 bits per heavy atom. The van der Waals surface area contributed by atoms with Crippen LogP contribution in [-0.4, -0.2) is 39.8 Å². The van der Waals surface area contributed by atoms with Crippen molar-refractivity contribution in [2.24, 2.45) is 0 Å². The first-order chi connectivity index (χ1) is 13.9. The van der Waals surface area contributed by atoms with Crippen molar-refractivity contribution < 1.29 is 29.7 Å². The third kappa shape index (κ3) is 4.52. The second-order valence-corrected chi connectivity index (χ2v) is 6.55. The molecule has 0 aromatic heterocycles. The summed E-state index contributed by atoms with van der Waals surface area (Å²) in [6.45, 7) is 0.452. The van der Waals surface area contributed by atoms with E-state index in [0.717, 1.165) is 16.5 Å². The fourth-order valence-electron chi connectivity index (χ4n) is 3.27. The van der Waals surface area contributed by atoms with E-state index >= 15 is 0 Å². The van der Waals surface area contributed by atoms with Crippen LogP contribution in [0.2, 0.25) is 0 Å². The number of fused-ring (bicyclic) bond motifs is 1. The molecule has 0 radical (unpaired) electrons. The van der Waals surface area contributed by atoms with Gasteiger partial charge in [0.1, 0.15) is 0 Å². The molecule has 0 bridgehead atoms. The predicted octanol–water partition coefficient (Wildman–Crippen LogP) is 3.72. The normalized spacial score (nSPS) is 10.6. The lowest BCUT2D eigenvalue weighted by molar-refractivity contribution is -0.136. The van der Waals surface area contributed by atoms with Crippen molar-refractivity contribution >= 4 is 34.4 Å². The second-order valence-electron chi connectivity index (χ2n) is 6.55. The molecule has 0 saturated carbocycles. The molecule has 0 heterocycles. The highest BCUT2D eigenvalue weighted by Crippen LogP contribution is 2.28. The van der Waals surface area contributed by atoms with Crippen molar-refractivity contribution in [2.75, 3.05) is 11.4 Å². The number of nitrogens with zero attached hydrogens (tertiary/aromatic N) is 1. The van der Waals surface area contributed by atoms with Crippen molar-refractivity contribution in [1.82, 2.24) is 0 Å². The van der Waals surface area contributed by atoms with E-state index in [0.29, 0.717) is 5.56 Å². The molecule has 0 amide bonds. The summed E-state index contributed by atoms with van der Waals surface area (Å²) in [5.74, 6) is -3.58. The van der Waals surface area contributed by atoms with Crippen molar-refractivity contribution in [3.8, 4) is 0 Å². The van der Waals surface area contributed by atoms with Crippen LogP contribution in [0.3, 0.4) is 0 Å². The molecule has 29 heavy (non-hydrogen) atoms. The molecule has 3 N–H and O–H groups in total. The highest BCUT2D eigenvalue weighted by molar-refractivity contribution is 6.01. The highest BCUT2D eigenvalue weighted by Gasteiger charge is 2.18. The Balaban J connectivity index is 2.02. The number of carboxylic acids is 3. The average molecular weight is 393 g/mol. The lowest BCUT2D eigenvalue weighted by Gasteiger charge is -2.26.